The van der Waals surface area contributed by atoms with E-state index in [0.717, 1.165) is 54.6 Å². The van der Waals surface area contributed by atoms with Crippen molar-refractivity contribution >= 4 is 36.9 Å². The van der Waals surface area contributed by atoms with Crippen LogP contribution in [0.2, 0.25) is 0 Å². The summed E-state index contributed by atoms with van der Waals surface area (Å²) in [5, 5.41) is 0. The first kappa shape index (κ1) is 24.7. The molecule has 12 heteroatoms. The lowest BCUT2D eigenvalue weighted by Gasteiger charge is -2.32. The van der Waals surface area contributed by atoms with Crippen molar-refractivity contribution in [3.05, 3.63) is 58.6 Å². The van der Waals surface area contributed by atoms with Crippen LogP contribution in [0.15, 0.2) is 61.5 Å². The number of oxazole rings is 1. The van der Waals surface area contributed by atoms with Crippen LogP contribution in [0.3, 0.4) is 0 Å². The topological polar surface area (TPSA) is 127 Å². The van der Waals surface area contributed by atoms with E-state index < -0.39 is 25.8 Å². The Kier molecular flexibility index (Phi) is 6.29. The van der Waals surface area contributed by atoms with Crippen molar-refractivity contribution < 1.29 is 26.0 Å². The Morgan fingerprint density at radius 3 is 2.42 bits per heavy atom. The van der Waals surface area contributed by atoms with Crippen LogP contribution >= 0.6 is 0 Å². The Morgan fingerprint density at radius 1 is 1.00 bits per heavy atom. The van der Waals surface area contributed by atoms with E-state index in [2.05, 4.69) is 4.90 Å². The van der Waals surface area contributed by atoms with Crippen LogP contribution < -0.4 is 5.76 Å². The van der Waals surface area contributed by atoms with Gasteiger partial charge in [0.2, 0.25) is 0 Å². The number of piperidine rings is 1. The number of fused-ring (bicyclic) bond motifs is 2. The number of amides is 1. The SMILES string of the molecule is CS(=O)(=O)c1ccc2c(c1)C(=O)N(CCCCN1CCC(n3c(=O)oc4ccccc43)CC1)S2(=O)=O. The molecular weight excluding hydrogens is 506 g/mol. The van der Waals surface area contributed by atoms with Crippen molar-refractivity contribution in [1.82, 2.24) is 13.8 Å². The van der Waals surface area contributed by atoms with Crippen LogP contribution in [0, 0.1) is 0 Å². The average Bonchev–Trinajstić information content (AvgIpc) is 3.27. The summed E-state index contributed by atoms with van der Waals surface area (Å²) in [6.07, 6.45) is 3.81. The maximum Gasteiger partial charge on any atom is 0.420 e. The summed E-state index contributed by atoms with van der Waals surface area (Å²) in [5.41, 5.74) is 1.30. The molecule has 1 aromatic heterocycles. The maximum atomic E-state index is 12.8. The second-order valence-electron chi connectivity index (χ2n) is 9.30. The van der Waals surface area contributed by atoms with Crippen LogP contribution in [0.4, 0.5) is 0 Å². The molecule has 5 rings (SSSR count). The Labute approximate surface area is 209 Å². The normalized spacial score (nSPS) is 18.7. The van der Waals surface area contributed by atoms with Crippen molar-refractivity contribution in [2.24, 2.45) is 0 Å². The molecule has 2 aromatic carbocycles. The van der Waals surface area contributed by atoms with Crippen LogP contribution in [0.5, 0.6) is 0 Å². The van der Waals surface area contributed by atoms with Gasteiger partial charge in [0, 0.05) is 31.9 Å². The Hall–Kier alpha value is -2.96. The van der Waals surface area contributed by atoms with Gasteiger partial charge >= 0.3 is 5.76 Å². The number of aromatic nitrogens is 1. The zero-order valence-corrected chi connectivity index (χ0v) is 21.4. The standard InChI is InChI=1S/C24H27N3O7S2/c1-35(30,31)18-8-9-22-19(16-18)23(28)26(36(22,32)33)13-5-4-12-25-14-10-17(11-15-25)27-20-6-2-3-7-21(20)34-24(27)29/h2-3,6-9,16-17H,4-5,10-15H2,1H3. The highest BCUT2D eigenvalue weighted by Gasteiger charge is 2.41. The number of unbranched alkanes of at least 4 members (excludes halogenated alkanes) is 1. The predicted octanol–water partition coefficient (Wildman–Crippen LogP) is 2.26. The minimum atomic E-state index is -3.98. The summed E-state index contributed by atoms with van der Waals surface area (Å²) in [5.74, 6) is -1.02. The highest BCUT2D eigenvalue weighted by Crippen LogP contribution is 2.32. The van der Waals surface area contributed by atoms with E-state index in [0.29, 0.717) is 18.4 Å². The summed E-state index contributed by atoms with van der Waals surface area (Å²) < 4.78 is 57.2. The average molecular weight is 534 g/mol. The first-order valence-corrected chi connectivity index (χ1v) is 15.1. The minimum absolute atomic E-state index is 0.0386. The zero-order valence-electron chi connectivity index (χ0n) is 19.8. The molecule has 0 radical (unpaired) electrons. The van der Waals surface area contributed by atoms with Gasteiger partial charge < -0.3 is 9.32 Å². The number of rotatable bonds is 7. The first-order valence-electron chi connectivity index (χ1n) is 11.8. The zero-order chi connectivity index (χ0) is 25.7. The van der Waals surface area contributed by atoms with Crippen molar-refractivity contribution in [2.75, 3.05) is 32.4 Å². The summed E-state index contributed by atoms with van der Waals surface area (Å²) in [4.78, 5) is 27.2. The molecule has 0 N–H and O–H groups in total. The van der Waals surface area contributed by atoms with Gasteiger partial charge in [0.15, 0.2) is 15.4 Å². The Balaban J connectivity index is 1.15. The van der Waals surface area contributed by atoms with Gasteiger partial charge in [0.05, 0.1) is 16.0 Å². The second-order valence-corrected chi connectivity index (χ2v) is 13.1. The number of carbonyl (C=O) groups excluding carboxylic acids is 1. The van der Waals surface area contributed by atoms with Gasteiger partial charge in [-0.1, -0.05) is 12.1 Å². The molecule has 3 heterocycles. The summed E-state index contributed by atoms with van der Waals surface area (Å²) in [7, 11) is -7.55. The Bertz CT molecular complexity index is 1600. The van der Waals surface area contributed by atoms with E-state index in [1.807, 2.05) is 18.2 Å². The number of nitrogens with zero attached hydrogens (tertiary/aromatic N) is 3. The molecule has 1 amide bonds. The van der Waals surface area contributed by atoms with Gasteiger partial charge in [-0.2, -0.15) is 0 Å². The third-order valence-corrected chi connectivity index (χ3v) is 9.88. The number of benzene rings is 2. The summed E-state index contributed by atoms with van der Waals surface area (Å²) >= 11 is 0. The van der Waals surface area contributed by atoms with E-state index in [-0.39, 0.29) is 33.7 Å². The number of likely N-dealkylation sites (tertiary alicyclic amines) is 1. The number of para-hydroxylation sites is 2. The van der Waals surface area contributed by atoms with Gasteiger partial charge in [-0.25, -0.2) is 25.9 Å². The monoisotopic (exact) mass is 533 g/mol. The fourth-order valence-corrected chi connectivity index (χ4v) is 7.27. The highest BCUT2D eigenvalue weighted by atomic mass is 32.2. The van der Waals surface area contributed by atoms with E-state index in [1.165, 1.54) is 12.1 Å². The van der Waals surface area contributed by atoms with E-state index in [4.69, 9.17) is 4.42 Å². The van der Waals surface area contributed by atoms with E-state index in [1.54, 1.807) is 10.6 Å². The van der Waals surface area contributed by atoms with Gasteiger partial charge in [-0.05, 0) is 62.6 Å². The van der Waals surface area contributed by atoms with Gasteiger partial charge in [0.25, 0.3) is 15.9 Å². The molecule has 192 valence electrons. The smallest absolute Gasteiger partial charge is 0.408 e. The first-order chi connectivity index (χ1) is 17.1. The number of sulfonamides is 1. The quantitative estimate of drug-likeness (QED) is 0.423. The summed E-state index contributed by atoms with van der Waals surface area (Å²) in [6.45, 7) is 2.40. The van der Waals surface area contributed by atoms with Crippen molar-refractivity contribution in [1.29, 1.82) is 0 Å². The molecule has 2 aliphatic heterocycles. The van der Waals surface area contributed by atoms with Gasteiger partial charge in [-0.15, -0.1) is 0 Å². The number of hydrogen-bond donors (Lipinski definition) is 0. The minimum Gasteiger partial charge on any atom is -0.408 e. The third kappa shape index (κ3) is 4.37. The van der Waals surface area contributed by atoms with Crippen LogP contribution in [0.25, 0.3) is 11.1 Å². The molecule has 10 nitrogen and oxygen atoms in total. The lowest BCUT2D eigenvalue weighted by molar-refractivity contribution is 0.0867. The van der Waals surface area contributed by atoms with Crippen molar-refractivity contribution in [3.63, 3.8) is 0 Å². The molecule has 3 aromatic rings. The maximum absolute atomic E-state index is 12.8. The second kappa shape index (κ2) is 9.16. The van der Waals surface area contributed by atoms with Crippen LogP contribution in [-0.2, 0) is 19.9 Å². The van der Waals surface area contributed by atoms with Crippen LogP contribution in [-0.4, -0.2) is 68.9 Å². The highest BCUT2D eigenvalue weighted by molar-refractivity contribution is 7.91. The fraction of sp³-hybridized carbons (Fsp3) is 0.417. The largest absolute Gasteiger partial charge is 0.420 e. The molecule has 0 atom stereocenters. The molecule has 0 unspecified atom stereocenters. The molecule has 1 saturated heterocycles. The lowest BCUT2D eigenvalue weighted by atomic mass is 10.0. The van der Waals surface area contributed by atoms with Gasteiger partial charge in [0.1, 0.15) is 4.90 Å². The lowest BCUT2D eigenvalue weighted by Crippen LogP contribution is -2.37. The van der Waals surface area contributed by atoms with Crippen molar-refractivity contribution in [2.45, 2.75) is 41.5 Å². The Morgan fingerprint density at radius 2 is 1.69 bits per heavy atom. The molecule has 36 heavy (non-hydrogen) atoms. The van der Waals surface area contributed by atoms with E-state index >= 15 is 0 Å². The molecule has 2 aliphatic rings. The van der Waals surface area contributed by atoms with Crippen molar-refractivity contribution in [3.8, 4) is 0 Å². The van der Waals surface area contributed by atoms with Gasteiger partial charge in [-0.3, -0.25) is 9.36 Å². The number of hydrogen-bond acceptors (Lipinski definition) is 8. The predicted molar refractivity (Wildman–Crippen MR) is 132 cm³/mol. The number of sulfone groups is 1. The molecule has 0 spiro atoms. The third-order valence-electron chi connectivity index (χ3n) is 6.93. The fourth-order valence-electron chi connectivity index (χ4n) is 5.04. The molecular formula is C24H27N3O7S2. The summed E-state index contributed by atoms with van der Waals surface area (Å²) in [6, 6.07) is 11.0. The van der Waals surface area contributed by atoms with E-state index in [9.17, 15) is 26.4 Å². The number of carbonyl (C=O) groups is 1. The molecule has 0 bridgehead atoms. The molecule has 0 saturated carbocycles. The van der Waals surface area contributed by atoms with Crippen LogP contribution in [0.1, 0.15) is 42.1 Å². The molecule has 0 aliphatic carbocycles. The molecule has 1 fully saturated rings.